The molecular weight excluding hydrogens is 781 g/mol. The van der Waals surface area contributed by atoms with Gasteiger partial charge >= 0.3 is 16.4 Å². The number of hydrogen-bond acceptors (Lipinski definition) is 18. The Morgan fingerprint density at radius 1 is 0.868 bits per heavy atom. The van der Waals surface area contributed by atoms with Crippen molar-refractivity contribution in [2.75, 3.05) is 26.2 Å². The largest absolute Gasteiger partial charge is 0.469 e. The number of carbonyl (C=O) groups excluding carboxylic acids is 2. The Kier molecular flexibility index (Phi) is 18.2. The van der Waals surface area contributed by atoms with E-state index in [1.807, 2.05) is 0 Å². The molecule has 1 amide bonds. The van der Waals surface area contributed by atoms with Crippen LogP contribution in [0.4, 0.5) is 0 Å². The fraction of sp³-hybridized carbons (Fsp3) is 0.933. The van der Waals surface area contributed by atoms with Crippen LogP contribution in [0.3, 0.4) is 0 Å². The highest BCUT2D eigenvalue weighted by molar-refractivity contribution is 7.80. The van der Waals surface area contributed by atoms with Crippen LogP contribution in [0.2, 0.25) is 0 Å². The molecule has 0 bridgehead atoms. The highest BCUT2D eigenvalue weighted by Crippen LogP contribution is 2.38. The van der Waals surface area contributed by atoms with Gasteiger partial charge in [-0.25, -0.2) is 4.18 Å². The van der Waals surface area contributed by atoms with Crippen molar-refractivity contribution in [1.82, 2.24) is 5.32 Å². The zero-order chi connectivity index (χ0) is 39.7. The highest BCUT2D eigenvalue weighted by Gasteiger charge is 2.62. The third kappa shape index (κ3) is 12.4. The Labute approximate surface area is 316 Å². The molecule has 3 aliphatic rings. The first-order valence-electron chi connectivity index (χ1n) is 17.0. The van der Waals surface area contributed by atoms with Crippen LogP contribution in [-0.2, 0) is 57.3 Å². The predicted molar refractivity (Wildman–Crippen MR) is 178 cm³/mol. The van der Waals surface area contributed by atoms with Crippen molar-refractivity contribution in [2.45, 2.75) is 150 Å². The van der Waals surface area contributed by atoms with Crippen LogP contribution in [0.1, 0.15) is 58.8 Å². The van der Waals surface area contributed by atoms with Crippen molar-refractivity contribution in [2.24, 2.45) is 0 Å². The summed E-state index contributed by atoms with van der Waals surface area (Å²) in [7, 11) is -3.88. The number of amides is 1. The number of methoxy groups -OCH3 is 1. The third-order valence-electron chi connectivity index (χ3n) is 8.94. The first-order valence-corrected chi connectivity index (χ1v) is 19.4. The molecule has 0 aromatic rings. The van der Waals surface area contributed by atoms with Crippen LogP contribution in [0.25, 0.3) is 0 Å². The topological polar surface area (TPSA) is 296 Å². The number of rotatable bonds is 19. The van der Waals surface area contributed by atoms with E-state index in [0.29, 0.717) is 25.7 Å². The van der Waals surface area contributed by atoms with Gasteiger partial charge < -0.3 is 69.1 Å². The van der Waals surface area contributed by atoms with Gasteiger partial charge in [0.15, 0.2) is 12.6 Å². The monoisotopic (exact) mass is 831 g/mol. The normalized spacial score (nSPS) is 39.4. The van der Waals surface area contributed by atoms with E-state index in [1.54, 1.807) is 0 Å². The van der Waals surface area contributed by atoms with Gasteiger partial charge in [0.1, 0.15) is 48.8 Å². The fourth-order valence-corrected chi connectivity index (χ4v) is 7.43. The lowest BCUT2D eigenvalue weighted by atomic mass is 9.91. The molecule has 3 fully saturated rings. The zero-order valence-corrected chi connectivity index (χ0v) is 31.7. The Morgan fingerprint density at radius 2 is 1.49 bits per heavy atom. The lowest BCUT2D eigenvalue weighted by Crippen LogP contribution is -2.76. The van der Waals surface area contributed by atoms with Gasteiger partial charge in [-0.1, -0.05) is 25.7 Å². The van der Waals surface area contributed by atoms with Crippen molar-refractivity contribution in [3.8, 4) is 0 Å². The summed E-state index contributed by atoms with van der Waals surface area (Å²) in [6.07, 6.45) is -18.3. The van der Waals surface area contributed by atoms with Gasteiger partial charge in [-0.3, -0.25) is 14.1 Å². The summed E-state index contributed by atoms with van der Waals surface area (Å²) in [5.41, 5.74) is -2.76. The second kappa shape index (κ2) is 20.9. The van der Waals surface area contributed by atoms with Crippen molar-refractivity contribution < 1.29 is 90.5 Å². The van der Waals surface area contributed by atoms with Crippen molar-refractivity contribution >= 4 is 45.5 Å². The molecule has 53 heavy (non-hydrogen) atoms. The lowest BCUT2D eigenvalue weighted by molar-refractivity contribution is -0.406. The molecule has 23 heteroatoms. The third-order valence-corrected chi connectivity index (χ3v) is 10.2. The molecule has 0 aliphatic carbocycles. The quantitative estimate of drug-likeness (QED) is 0.0233. The molecule has 3 rings (SSSR count). The minimum Gasteiger partial charge on any atom is -0.469 e. The number of esters is 1. The van der Waals surface area contributed by atoms with Crippen molar-refractivity contribution in [3.63, 3.8) is 0 Å². The molecule has 0 unspecified atom stereocenters. The molecule has 3 saturated heterocycles. The summed E-state index contributed by atoms with van der Waals surface area (Å²) in [6, 6.07) is 0. The molecule has 3 heterocycles. The number of nitrogens with one attached hydrogen (secondary N) is 1. The molecule has 15 atom stereocenters. The van der Waals surface area contributed by atoms with Crippen LogP contribution in [0.5, 0.6) is 0 Å². The molecule has 20 nitrogen and oxygen atoms in total. The van der Waals surface area contributed by atoms with E-state index in [0.717, 1.165) is 26.2 Å². The number of carbonyl (C=O) groups is 2. The molecule has 0 radical (unpaired) electrons. The summed E-state index contributed by atoms with van der Waals surface area (Å²) in [4.78, 5) is 23.9. The van der Waals surface area contributed by atoms with Gasteiger partial charge in [-0.2, -0.15) is 8.42 Å². The van der Waals surface area contributed by atoms with Gasteiger partial charge in [0.05, 0.1) is 37.2 Å². The number of aliphatic hydroxyl groups is 6. The summed E-state index contributed by atoms with van der Waals surface area (Å²) in [6.45, 7) is 1.43. The Balaban J connectivity index is 1.92. The number of ether oxygens (including phenoxy) is 7. The Hall–Kier alpha value is -1.09. The summed E-state index contributed by atoms with van der Waals surface area (Å²) >= 11 is 12.2. The second-order valence-electron chi connectivity index (χ2n) is 13.0. The van der Waals surface area contributed by atoms with Gasteiger partial charge in [0, 0.05) is 20.0 Å². The fourth-order valence-electron chi connectivity index (χ4n) is 6.15. The predicted octanol–water partition coefficient (Wildman–Crippen LogP) is -1.83. The summed E-state index contributed by atoms with van der Waals surface area (Å²) < 4.78 is 76.7. The maximum atomic E-state index is 12.6. The molecule has 3 aliphatic heterocycles. The molecule has 0 aromatic heterocycles. The van der Waals surface area contributed by atoms with Gasteiger partial charge in [-0.05, 0) is 19.8 Å². The maximum absolute atomic E-state index is 12.6. The van der Waals surface area contributed by atoms with Crippen molar-refractivity contribution in [3.05, 3.63) is 0 Å². The lowest BCUT2D eigenvalue weighted by Gasteiger charge is -2.53. The number of halogens is 2. The maximum Gasteiger partial charge on any atom is 0.397 e. The number of unbranched alkanes of at least 4 members (excludes halogenated alkanes) is 5. The Bertz CT molecular complexity index is 1270. The second-order valence-corrected chi connectivity index (χ2v) is 14.8. The Morgan fingerprint density at radius 3 is 2.08 bits per heavy atom. The van der Waals surface area contributed by atoms with E-state index >= 15 is 0 Å². The molecule has 0 saturated carbocycles. The van der Waals surface area contributed by atoms with Crippen LogP contribution < -0.4 is 5.32 Å². The minimum absolute atomic E-state index is 0.0524. The number of aliphatic hydroxyl groups excluding tert-OH is 5. The minimum atomic E-state index is -5.20. The van der Waals surface area contributed by atoms with Crippen LogP contribution in [0, 0.1) is 0 Å². The van der Waals surface area contributed by atoms with E-state index in [1.165, 1.54) is 14.0 Å². The molecule has 310 valence electrons. The standard InChI is InChI=1S/C30H51Cl2NO19S/c1-14-20(37)21(38)22(39)27(47-14)51-26-24(50-28-23(40)25(52-53(42,43)44)19(32)16(12-31)48-28)17(13-34)49-29(30(26,41)33-15(2)35)46-11-9-7-5-4-6-8-10-18(36)45-3/h14,16-17,19-29,34,37-41H,4-13H2,1-3H3,(H,33,35)(H,42,43,44)/t14-,16+,17+,19-,20+,21+,22-,23+,24+,25-,26-,27-,28-,29+,30+/m0/s1. The van der Waals surface area contributed by atoms with E-state index in [4.69, 9.17) is 51.6 Å². The molecular formula is C30H51Cl2NO19S. The molecule has 8 N–H and O–H groups in total. The number of hydrogen-bond donors (Lipinski definition) is 8. The van der Waals surface area contributed by atoms with Gasteiger partial charge in [0.2, 0.25) is 17.9 Å². The summed E-state index contributed by atoms with van der Waals surface area (Å²) in [5.74, 6) is -1.55. The van der Waals surface area contributed by atoms with Crippen LogP contribution in [-0.4, -0.2) is 173 Å². The SMILES string of the molecule is COC(=O)CCCCCCCCO[C@@H]1O[C@H](CO)[C@@H](O[C@@H]2O[C@H](CCl)[C@H](Cl)[C@H](OS(=O)(=O)O)[C@H]2O)[C@H](O[C@@H]2O[C@@H](C)[C@@H](O)[C@@H](O)[C@@H]2O)[C@]1(O)NC(C)=O. The highest BCUT2D eigenvalue weighted by atomic mass is 35.5. The smallest absolute Gasteiger partial charge is 0.397 e. The summed E-state index contributed by atoms with van der Waals surface area (Å²) in [5, 5.41) is 66.1. The van der Waals surface area contributed by atoms with E-state index < -0.39 is 120 Å². The van der Waals surface area contributed by atoms with Crippen LogP contribution in [0.15, 0.2) is 0 Å². The van der Waals surface area contributed by atoms with E-state index in [9.17, 15) is 53.2 Å². The van der Waals surface area contributed by atoms with E-state index in [-0.39, 0.29) is 12.6 Å². The molecule has 0 aromatic carbocycles. The zero-order valence-electron chi connectivity index (χ0n) is 29.3. The van der Waals surface area contributed by atoms with Gasteiger partial charge in [-0.15, -0.1) is 23.2 Å². The van der Waals surface area contributed by atoms with Crippen molar-refractivity contribution in [1.29, 1.82) is 0 Å². The number of alkyl halides is 2. The first-order chi connectivity index (χ1) is 24.9. The van der Waals surface area contributed by atoms with Crippen LogP contribution >= 0.6 is 23.2 Å². The average molecular weight is 833 g/mol. The van der Waals surface area contributed by atoms with E-state index in [2.05, 4.69) is 14.2 Å². The molecule has 0 spiro atoms. The first kappa shape index (κ1) is 46.3. The van der Waals surface area contributed by atoms with Gasteiger partial charge in [0.25, 0.3) is 0 Å². The average Bonchev–Trinajstić information content (AvgIpc) is 3.09.